The summed E-state index contributed by atoms with van der Waals surface area (Å²) in [4.78, 5) is 0. The van der Waals surface area contributed by atoms with Gasteiger partial charge in [-0.1, -0.05) is 6.42 Å². The third-order valence-electron chi connectivity index (χ3n) is 2.49. The van der Waals surface area contributed by atoms with Gasteiger partial charge in [0.05, 0.1) is 0 Å². The van der Waals surface area contributed by atoms with Crippen molar-refractivity contribution in [2.45, 2.75) is 37.8 Å². The summed E-state index contributed by atoms with van der Waals surface area (Å²) in [6.45, 7) is 0. The van der Waals surface area contributed by atoms with Gasteiger partial charge in [0, 0.05) is 12.1 Å². The van der Waals surface area contributed by atoms with Gasteiger partial charge in [0.1, 0.15) is 0 Å². The van der Waals surface area contributed by atoms with Crippen LogP contribution in [0, 0.1) is 0 Å². The van der Waals surface area contributed by atoms with Crippen LogP contribution in [0.5, 0.6) is 0 Å². The van der Waals surface area contributed by atoms with Gasteiger partial charge in [0.2, 0.25) is 0 Å². The summed E-state index contributed by atoms with van der Waals surface area (Å²) in [6, 6.07) is 1.51. The van der Waals surface area contributed by atoms with Crippen LogP contribution in [-0.4, -0.2) is 26.2 Å². The van der Waals surface area contributed by atoms with Crippen molar-refractivity contribution in [1.29, 1.82) is 0 Å². The standard InChI is InChI=1S/C8H18N2/c1-9-7-4-3-5-8(6-7)10-2/h7-10H,3-6H2,1-2H3. The fraction of sp³-hybridized carbons (Fsp3) is 1.00. The van der Waals surface area contributed by atoms with Gasteiger partial charge >= 0.3 is 0 Å². The van der Waals surface area contributed by atoms with E-state index in [0.29, 0.717) is 0 Å². The quantitative estimate of drug-likeness (QED) is 0.594. The fourth-order valence-electron chi connectivity index (χ4n) is 1.71. The van der Waals surface area contributed by atoms with Gasteiger partial charge in [-0.2, -0.15) is 0 Å². The van der Waals surface area contributed by atoms with E-state index in [1.54, 1.807) is 0 Å². The lowest BCUT2D eigenvalue weighted by Gasteiger charge is -2.28. The van der Waals surface area contributed by atoms with Gasteiger partial charge in [0.25, 0.3) is 0 Å². The molecule has 0 amide bonds. The Morgan fingerprint density at radius 3 is 1.90 bits per heavy atom. The van der Waals surface area contributed by atoms with Crippen LogP contribution in [-0.2, 0) is 0 Å². The highest BCUT2D eigenvalue weighted by molar-refractivity contribution is 4.79. The van der Waals surface area contributed by atoms with Crippen molar-refractivity contribution in [2.75, 3.05) is 14.1 Å². The summed E-state index contributed by atoms with van der Waals surface area (Å²) < 4.78 is 0. The Morgan fingerprint density at radius 2 is 1.50 bits per heavy atom. The van der Waals surface area contributed by atoms with E-state index in [2.05, 4.69) is 24.7 Å². The van der Waals surface area contributed by atoms with Crippen molar-refractivity contribution >= 4 is 0 Å². The molecule has 0 aliphatic heterocycles. The highest BCUT2D eigenvalue weighted by atomic mass is 14.9. The summed E-state index contributed by atoms with van der Waals surface area (Å²) >= 11 is 0. The molecule has 0 heterocycles. The minimum Gasteiger partial charge on any atom is -0.317 e. The van der Waals surface area contributed by atoms with Gasteiger partial charge in [-0.25, -0.2) is 0 Å². The Hall–Kier alpha value is -0.0800. The molecule has 1 saturated carbocycles. The molecule has 0 radical (unpaired) electrons. The Bertz CT molecular complexity index is 83.3. The van der Waals surface area contributed by atoms with Crippen LogP contribution in [0.3, 0.4) is 0 Å². The largest absolute Gasteiger partial charge is 0.317 e. The molecule has 2 atom stereocenters. The molecule has 0 aromatic rings. The van der Waals surface area contributed by atoms with E-state index in [4.69, 9.17) is 0 Å². The Morgan fingerprint density at radius 1 is 1.00 bits per heavy atom. The van der Waals surface area contributed by atoms with Gasteiger partial charge in [-0.05, 0) is 33.4 Å². The topological polar surface area (TPSA) is 24.1 Å². The van der Waals surface area contributed by atoms with Gasteiger partial charge < -0.3 is 10.6 Å². The molecule has 2 unspecified atom stereocenters. The Labute approximate surface area is 63.4 Å². The van der Waals surface area contributed by atoms with Crippen molar-refractivity contribution < 1.29 is 0 Å². The lowest BCUT2D eigenvalue weighted by Crippen LogP contribution is -2.39. The van der Waals surface area contributed by atoms with Crippen LogP contribution < -0.4 is 10.6 Å². The summed E-state index contributed by atoms with van der Waals surface area (Å²) in [7, 11) is 4.12. The van der Waals surface area contributed by atoms with E-state index in [-0.39, 0.29) is 0 Å². The fourth-order valence-corrected chi connectivity index (χ4v) is 1.71. The van der Waals surface area contributed by atoms with Gasteiger partial charge in [-0.15, -0.1) is 0 Å². The van der Waals surface area contributed by atoms with Crippen LogP contribution in [0.25, 0.3) is 0 Å². The molecule has 60 valence electrons. The maximum absolute atomic E-state index is 3.33. The smallest absolute Gasteiger partial charge is 0.00788 e. The van der Waals surface area contributed by atoms with E-state index in [1.165, 1.54) is 25.7 Å². The first kappa shape index (κ1) is 8.02. The molecule has 0 bridgehead atoms. The maximum Gasteiger partial charge on any atom is 0.00788 e. The van der Waals surface area contributed by atoms with Crippen molar-refractivity contribution in [3.63, 3.8) is 0 Å². The average Bonchev–Trinajstić information content (AvgIpc) is 2.05. The summed E-state index contributed by atoms with van der Waals surface area (Å²) in [5.74, 6) is 0. The minimum atomic E-state index is 0.756. The lowest BCUT2D eigenvalue weighted by atomic mass is 9.91. The Kier molecular flexibility index (Phi) is 3.16. The normalized spacial score (nSPS) is 34.2. The minimum absolute atomic E-state index is 0.756. The maximum atomic E-state index is 3.33. The van der Waals surface area contributed by atoms with E-state index in [9.17, 15) is 0 Å². The zero-order valence-electron chi connectivity index (χ0n) is 6.98. The third kappa shape index (κ3) is 1.96. The summed E-state index contributed by atoms with van der Waals surface area (Å²) in [5.41, 5.74) is 0. The molecule has 2 heteroatoms. The molecular weight excluding hydrogens is 124 g/mol. The van der Waals surface area contributed by atoms with Crippen LogP contribution in [0.2, 0.25) is 0 Å². The second-order valence-electron chi connectivity index (χ2n) is 3.14. The first-order valence-electron chi connectivity index (χ1n) is 4.21. The predicted octanol–water partition coefficient (Wildman–Crippen LogP) is 0.736. The monoisotopic (exact) mass is 142 g/mol. The summed E-state index contributed by atoms with van der Waals surface area (Å²) in [6.07, 6.45) is 5.38. The lowest BCUT2D eigenvalue weighted by molar-refractivity contribution is 0.325. The third-order valence-corrected chi connectivity index (χ3v) is 2.49. The van der Waals surface area contributed by atoms with Crippen LogP contribution in [0.15, 0.2) is 0 Å². The number of nitrogens with one attached hydrogen (secondary N) is 2. The molecule has 0 spiro atoms. The molecule has 0 aromatic carbocycles. The second kappa shape index (κ2) is 3.94. The van der Waals surface area contributed by atoms with E-state index in [0.717, 1.165) is 12.1 Å². The molecule has 1 rings (SSSR count). The molecule has 10 heavy (non-hydrogen) atoms. The molecular formula is C8H18N2. The zero-order chi connectivity index (χ0) is 7.40. The van der Waals surface area contributed by atoms with Crippen molar-refractivity contribution in [3.05, 3.63) is 0 Å². The first-order valence-corrected chi connectivity index (χ1v) is 4.21. The van der Waals surface area contributed by atoms with Gasteiger partial charge in [0.15, 0.2) is 0 Å². The van der Waals surface area contributed by atoms with Crippen molar-refractivity contribution in [1.82, 2.24) is 10.6 Å². The van der Waals surface area contributed by atoms with Crippen LogP contribution in [0.4, 0.5) is 0 Å². The van der Waals surface area contributed by atoms with Crippen molar-refractivity contribution in [2.24, 2.45) is 0 Å². The highest BCUT2D eigenvalue weighted by Gasteiger charge is 2.18. The average molecular weight is 142 g/mol. The zero-order valence-corrected chi connectivity index (χ0v) is 6.98. The van der Waals surface area contributed by atoms with Crippen molar-refractivity contribution in [3.8, 4) is 0 Å². The van der Waals surface area contributed by atoms with Crippen LogP contribution in [0.1, 0.15) is 25.7 Å². The van der Waals surface area contributed by atoms with E-state index in [1.807, 2.05) is 0 Å². The van der Waals surface area contributed by atoms with E-state index >= 15 is 0 Å². The Balaban J connectivity index is 2.25. The van der Waals surface area contributed by atoms with Crippen LogP contribution >= 0.6 is 0 Å². The number of rotatable bonds is 2. The molecule has 2 nitrogen and oxygen atoms in total. The summed E-state index contributed by atoms with van der Waals surface area (Å²) in [5, 5.41) is 6.66. The number of hydrogen-bond donors (Lipinski definition) is 2. The molecule has 0 aromatic heterocycles. The van der Waals surface area contributed by atoms with Gasteiger partial charge in [-0.3, -0.25) is 0 Å². The highest BCUT2D eigenvalue weighted by Crippen LogP contribution is 2.17. The predicted molar refractivity (Wildman–Crippen MR) is 44.2 cm³/mol. The number of hydrogen-bond acceptors (Lipinski definition) is 2. The SMILES string of the molecule is CNC1CCCC(NC)C1. The molecule has 1 aliphatic carbocycles. The first-order chi connectivity index (χ1) is 4.86. The van der Waals surface area contributed by atoms with E-state index < -0.39 is 0 Å². The second-order valence-corrected chi connectivity index (χ2v) is 3.14. The molecule has 2 N–H and O–H groups in total. The molecule has 1 fully saturated rings. The molecule has 0 saturated heterocycles. The molecule has 1 aliphatic rings.